The van der Waals surface area contributed by atoms with Crippen LogP contribution < -0.4 is 14.8 Å². The third-order valence-electron chi connectivity index (χ3n) is 4.07. The molecule has 0 aliphatic carbocycles. The molecule has 28 heavy (non-hydrogen) atoms. The number of fused-ring (bicyclic) bond motifs is 1. The summed E-state index contributed by atoms with van der Waals surface area (Å²) in [5.74, 6) is 1.71. The van der Waals surface area contributed by atoms with Gasteiger partial charge in [-0.05, 0) is 30.3 Å². The highest BCUT2D eigenvalue weighted by atomic mass is 79.9. The third-order valence-corrected chi connectivity index (χ3v) is 5.51. The maximum absolute atomic E-state index is 12.6. The monoisotopic (exact) mass is 458 g/mol. The first-order valence-corrected chi connectivity index (χ1v) is 9.88. The number of halogens is 1. The van der Waals surface area contributed by atoms with Crippen molar-refractivity contribution in [2.45, 2.75) is 0 Å². The molecule has 0 saturated heterocycles. The second-order valence-electron chi connectivity index (χ2n) is 5.82. The number of benzene rings is 2. The van der Waals surface area contributed by atoms with Gasteiger partial charge in [-0.1, -0.05) is 39.4 Å². The molecule has 2 heterocycles. The minimum Gasteiger partial charge on any atom is -0.497 e. The Kier molecular flexibility index (Phi) is 5.06. The fraction of sp³-hybridized carbons (Fsp3) is 0.100. The van der Waals surface area contributed by atoms with Crippen molar-refractivity contribution in [3.63, 3.8) is 0 Å². The lowest BCUT2D eigenvalue weighted by Crippen LogP contribution is -2.10. The van der Waals surface area contributed by atoms with E-state index in [1.54, 1.807) is 32.4 Å². The van der Waals surface area contributed by atoms with E-state index in [4.69, 9.17) is 13.9 Å². The number of methoxy groups -OCH3 is 2. The van der Waals surface area contributed by atoms with Crippen LogP contribution in [0.15, 0.2) is 57.4 Å². The summed E-state index contributed by atoms with van der Waals surface area (Å²) in [7, 11) is 3.16. The quantitative estimate of drug-likeness (QED) is 0.421. The van der Waals surface area contributed by atoms with E-state index in [0.29, 0.717) is 27.9 Å². The molecule has 6 nitrogen and oxygen atoms in total. The topological polar surface area (TPSA) is 73.6 Å². The van der Waals surface area contributed by atoms with E-state index in [-0.39, 0.29) is 11.7 Å². The van der Waals surface area contributed by atoms with Crippen molar-refractivity contribution >= 4 is 48.5 Å². The van der Waals surface area contributed by atoms with Gasteiger partial charge in [0.2, 0.25) is 0 Å². The van der Waals surface area contributed by atoms with E-state index in [2.05, 4.69) is 26.2 Å². The van der Waals surface area contributed by atoms with E-state index in [1.165, 1.54) is 11.3 Å². The second kappa shape index (κ2) is 7.65. The molecule has 8 heteroatoms. The molecule has 0 spiro atoms. The molecule has 1 N–H and O–H groups in total. The average Bonchev–Trinajstić information content (AvgIpc) is 3.34. The summed E-state index contributed by atoms with van der Waals surface area (Å²) in [6.07, 6.45) is 0. The molecule has 2 aromatic carbocycles. The summed E-state index contributed by atoms with van der Waals surface area (Å²) < 4.78 is 18.2. The minimum absolute atomic E-state index is 0.210. The number of carbonyl (C=O) groups is 1. The summed E-state index contributed by atoms with van der Waals surface area (Å²) >= 11 is 4.73. The zero-order valence-electron chi connectivity index (χ0n) is 15.0. The maximum atomic E-state index is 12.6. The predicted molar refractivity (Wildman–Crippen MR) is 113 cm³/mol. The predicted octanol–water partition coefficient (Wildman–Crippen LogP) is 5.59. The molecule has 4 rings (SSSR count). The van der Waals surface area contributed by atoms with E-state index < -0.39 is 0 Å². The fourth-order valence-electron chi connectivity index (χ4n) is 2.69. The molecule has 0 fully saturated rings. The Bertz CT molecular complexity index is 1150. The standard InChI is InChI=1S/C20H15BrN2O4S/c1-25-13-9-16(26-2)18-17(10-13)28-20(22-18)23-19(24)15-8-7-14(27-15)11-3-5-12(21)6-4-11/h3-10H,1-2H3,(H,22,23,24). The third kappa shape index (κ3) is 3.61. The summed E-state index contributed by atoms with van der Waals surface area (Å²) in [5, 5.41) is 3.23. The van der Waals surface area contributed by atoms with Crippen LogP contribution in [0.4, 0.5) is 5.13 Å². The molecular formula is C20H15BrN2O4S. The Morgan fingerprint density at radius 3 is 2.61 bits per heavy atom. The van der Waals surface area contributed by atoms with Crippen molar-refractivity contribution < 1.29 is 18.7 Å². The lowest BCUT2D eigenvalue weighted by Gasteiger charge is -2.03. The maximum Gasteiger partial charge on any atom is 0.293 e. The molecule has 2 aromatic heterocycles. The SMILES string of the molecule is COc1cc(OC)c2nc(NC(=O)c3ccc(-c4ccc(Br)cc4)o3)sc2c1. The second-order valence-corrected chi connectivity index (χ2v) is 7.77. The average molecular weight is 459 g/mol. The van der Waals surface area contributed by atoms with Gasteiger partial charge in [0, 0.05) is 16.1 Å². The Balaban J connectivity index is 1.58. The number of nitrogens with one attached hydrogen (secondary N) is 1. The number of hydrogen-bond acceptors (Lipinski definition) is 6. The molecule has 0 atom stereocenters. The van der Waals surface area contributed by atoms with Crippen molar-refractivity contribution in [3.05, 3.63) is 58.8 Å². The number of nitrogens with zero attached hydrogens (tertiary/aromatic N) is 1. The summed E-state index contributed by atoms with van der Waals surface area (Å²) in [6, 6.07) is 14.7. The smallest absolute Gasteiger partial charge is 0.293 e. The molecule has 0 aliphatic rings. The zero-order valence-corrected chi connectivity index (χ0v) is 17.4. The van der Waals surface area contributed by atoms with E-state index in [9.17, 15) is 4.79 Å². The van der Waals surface area contributed by atoms with Gasteiger partial charge in [0.15, 0.2) is 10.9 Å². The number of furan rings is 1. The van der Waals surface area contributed by atoms with Crippen molar-refractivity contribution in [2.75, 3.05) is 19.5 Å². The van der Waals surface area contributed by atoms with Crippen LogP contribution in [0.2, 0.25) is 0 Å². The summed E-state index contributed by atoms with van der Waals surface area (Å²) in [5.41, 5.74) is 1.55. The lowest BCUT2D eigenvalue weighted by atomic mass is 10.2. The lowest BCUT2D eigenvalue weighted by molar-refractivity contribution is 0.0997. The first-order chi connectivity index (χ1) is 13.6. The summed E-state index contributed by atoms with van der Waals surface area (Å²) in [4.78, 5) is 17.0. The number of amides is 1. The molecule has 0 radical (unpaired) electrons. The molecule has 1 amide bonds. The highest BCUT2D eigenvalue weighted by Gasteiger charge is 2.17. The number of aromatic nitrogens is 1. The van der Waals surface area contributed by atoms with Crippen molar-refractivity contribution in [1.82, 2.24) is 4.98 Å². The number of thiazole rings is 1. The molecule has 0 aliphatic heterocycles. The van der Waals surface area contributed by atoms with Crippen LogP contribution in [0.1, 0.15) is 10.6 Å². The van der Waals surface area contributed by atoms with Gasteiger partial charge in [0.1, 0.15) is 22.8 Å². The van der Waals surface area contributed by atoms with Crippen molar-refractivity contribution in [2.24, 2.45) is 0 Å². The first-order valence-electron chi connectivity index (χ1n) is 8.27. The zero-order chi connectivity index (χ0) is 19.7. The van der Waals surface area contributed by atoms with Crippen LogP contribution in [-0.4, -0.2) is 25.1 Å². The van der Waals surface area contributed by atoms with E-state index in [0.717, 1.165) is 14.7 Å². The number of anilines is 1. The number of carbonyl (C=O) groups excluding carboxylic acids is 1. The Labute approximate surface area is 173 Å². The van der Waals surface area contributed by atoms with Crippen LogP contribution in [0, 0.1) is 0 Å². The van der Waals surface area contributed by atoms with Crippen molar-refractivity contribution in [1.29, 1.82) is 0 Å². The van der Waals surface area contributed by atoms with Crippen LogP contribution in [-0.2, 0) is 0 Å². The van der Waals surface area contributed by atoms with Gasteiger partial charge in [-0.15, -0.1) is 0 Å². The van der Waals surface area contributed by atoms with Gasteiger partial charge in [0.25, 0.3) is 5.91 Å². The summed E-state index contributed by atoms with van der Waals surface area (Å²) in [6.45, 7) is 0. The highest BCUT2D eigenvalue weighted by Crippen LogP contribution is 2.36. The van der Waals surface area contributed by atoms with Crippen LogP contribution >= 0.6 is 27.3 Å². The fourth-order valence-corrected chi connectivity index (χ4v) is 3.86. The molecule has 0 unspecified atom stereocenters. The van der Waals surface area contributed by atoms with Gasteiger partial charge in [-0.3, -0.25) is 10.1 Å². The normalized spacial score (nSPS) is 10.8. The largest absolute Gasteiger partial charge is 0.497 e. The Hall–Kier alpha value is -2.84. The van der Waals surface area contributed by atoms with Crippen molar-refractivity contribution in [3.8, 4) is 22.8 Å². The van der Waals surface area contributed by atoms with Gasteiger partial charge in [-0.2, -0.15) is 0 Å². The van der Waals surface area contributed by atoms with Gasteiger partial charge in [0.05, 0.1) is 18.9 Å². The highest BCUT2D eigenvalue weighted by molar-refractivity contribution is 9.10. The first kappa shape index (κ1) is 18.5. The van der Waals surface area contributed by atoms with Crippen LogP contribution in [0.5, 0.6) is 11.5 Å². The molecular weight excluding hydrogens is 444 g/mol. The molecule has 0 saturated carbocycles. The van der Waals surface area contributed by atoms with Gasteiger partial charge >= 0.3 is 0 Å². The van der Waals surface area contributed by atoms with Gasteiger partial charge in [-0.25, -0.2) is 4.98 Å². The number of rotatable bonds is 5. The molecule has 142 valence electrons. The molecule has 4 aromatic rings. The van der Waals surface area contributed by atoms with E-state index in [1.807, 2.05) is 30.3 Å². The van der Waals surface area contributed by atoms with Crippen LogP contribution in [0.3, 0.4) is 0 Å². The number of hydrogen-bond donors (Lipinski definition) is 1. The molecule has 0 bridgehead atoms. The van der Waals surface area contributed by atoms with E-state index >= 15 is 0 Å². The Morgan fingerprint density at radius 1 is 1.11 bits per heavy atom. The van der Waals surface area contributed by atoms with Crippen LogP contribution in [0.25, 0.3) is 21.5 Å². The minimum atomic E-state index is -0.367. The van der Waals surface area contributed by atoms with Gasteiger partial charge < -0.3 is 13.9 Å². The Morgan fingerprint density at radius 2 is 1.89 bits per heavy atom. The number of ether oxygens (including phenoxy) is 2.